The second-order valence-electron chi connectivity index (χ2n) is 0.491. The molecular weight excluding hydrogens is 158 g/mol. The van der Waals surface area contributed by atoms with Crippen LogP contribution in [0.1, 0.15) is 0 Å². The molecule has 0 heterocycles. The first kappa shape index (κ1) is 16.2. The zero-order valence-electron chi connectivity index (χ0n) is 4.57. The minimum Gasteiger partial charge on any atom is -0.756 e. The van der Waals surface area contributed by atoms with Crippen molar-refractivity contribution in [3.05, 3.63) is 13.2 Å². The third-order valence-electron chi connectivity index (χ3n) is 0. The van der Waals surface area contributed by atoms with E-state index in [1.165, 1.54) is 0 Å². The van der Waals surface area contributed by atoms with Gasteiger partial charge in [0.25, 0.3) is 7.82 Å². The predicted octanol–water partition coefficient (Wildman–Crippen LogP) is -3.75. The van der Waals surface area contributed by atoms with Gasteiger partial charge >= 0.3 is 51.4 Å². The zero-order chi connectivity index (χ0) is 6.50. The van der Waals surface area contributed by atoms with Crippen LogP contribution >= 0.6 is 7.82 Å². The Balaban J connectivity index is -0.0000000750. The maximum Gasteiger partial charge on any atom is 1.00 e. The van der Waals surface area contributed by atoms with Crippen LogP contribution in [0.3, 0.4) is 0 Å². The maximum atomic E-state index is 8.77. The van der Waals surface area contributed by atoms with Gasteiger partial charge in [0.2, 0.25) is 0 Å². The molecule has 0 rings (SSSR count). The van der Waals surface area contributed by atoms with Gasteiger partial charge in [-0.25, -0.2) is 0 Å². The van der Waals surface area contributed by atoms with E-state index in [2.05, 4.69) is 13.2 Å². The van der Waals surface area contributed by atoms with E-state index in [1.807, 2.05) is 0 Å². The van der Waals surface area contributed by atoms with Crippen molar-refractivity contribution >= 4 is 7.82 Å². The molecule has 0 bridgehead atoms. The van der Waals surface area contributed by atoms with Crippen LogP contribution in [0.15, 0.2) is 13.2 Å². The topological polar surface area (TPSA) is 80.6 Å². The molecule has 0 spiro atoms. The van der Waals surface area contributed by atoms with Crippen LogP contribution in [0, 0.1) is 0 Å². The summed E-state index contributed by atoms with van der Waals surface area (Å²) in [6, 6.07) is 0. The monoisotopic (exact) mass is 164 g/mol. The molecule has 0 aliphatic carbocycles. The van der Waals surface area contributed by atoms with Crippen molar-refractivity contribution in [2.75, 3.05) is 0 Å². The summed E-state index contributed by atoms with van der Waals surface area (Å²) in [5, 5.41) is 0. The summed E-state index contributed by atoms with van der Waals surface area (Å²) in [5.41, 5.74) is 0. The first-order valence-electron chi connectivity index (χ1n) is 1.27. The Morgan fingerprint density at radius 3 is 1.38 bits per heavy atom. The quantitative estimate of drug-likeness (QED) is 0.219. The fourth-order valence-electron chi connectivity index (χ4n) is 0. The van der Waals surface area contributed by atoms with E-state index < -0.39 is 7.82 Å². The summed E-state index contributed by atoms with van der Waals surface area (Å²) in [4.78, 5) is 22.9. The molecule has 4 nitrogen and oxygen atoms in total. The number of hydrogen-bond acceptors (Lipinski definition) is 2. The van der Waals surface area contributed by atoms with E-state index in [4.69, 9.17) is 19.2 Å². The number of hydrogen-bond donors (Lipinski definition) is 2. The SMILES string of the molecule is C=C.O=P([O-])(O)O.[K+]. The van der Waals surface area contributed by atoms with E-state index in [0.717, 1.165) is 0 Å². The Morgan fingerprint density at radius 1 is 1.38 bits per heavy atom. The Kier molecular flexibility index (Phi) is 17.2. The Labute approximate surface area is 90.3 Å². The molecule has 6 heteroatoms. The summed E-state index contributed by atoms with van der Waals surface area (Å²) in [6.45, 7) is 6.00. The van der Waals surface area contributed by atoms with E-state index in [1.54, 1.807) is 0 Å². The minimum atomic E-state index is -4.89. The van der Waals surface area contributed by atoms with Crippen molar-refractivity contribution in [1.82, 2.24) is 0 Å². The van der Waals surface area contributed by atoms with Crippen molar-refractivity contribution in [3.63, 3.8) is 0 Å². The van der Waals surface area contributed by atoms with Gasteiger partial charge in [-0.3, -0.25) is 4.57 Å². The van der Waals surface area contributed by atoms with Gasteiger partial charge in [0, 0.05) is 0 Å². The van der Waals surface area contributed by atoms with E-state index in [-0.39, 0.29) is 51.4 Å². The van der Waals surface area contributed by atoms with Crippen LogP contribution in [0.4, 0.5) is 0 Å². The van der Waals surface area contributed by atoms with E-state index in [0.29, 0.717) is 0 Å². The molecular formula is C2H6KO4P. The summed E-state index contributed by atoms with van der Waals surface area (Å²) in [5.74, 6) is 0. The molecule has 0 amide bonds. The molecule has 0 aromatic heterocycles. The third-order valence-corrected chi connectivity index (χ3v) is 0. The smallest absolute Gasteiger partial charge is 0.756 e. The summed E-state index contributed by atoms with van der Waals surface area (Å²) in [6.07, 6.45) is 0. The molecule has 0 saturated heterocycles. The molecule has 0 unspecified atom stereocenters. The average Bonchev–Trinajstić information content (AvgIpc) is 1.36. The molecule has 0 aliphatic rings. The first-order chi connectivity index (χ1) is 3.00. The van der Waals surface area contributed by atoms with Crippen LogP contribution in [0.2, 0.25) is 0 Å². The minimum absolute atomic E-state index is 0. The van der Waals surface area contributed by atoms with Crippen molar-refractivity contribution < 1.29 is 70.6 Å². The van der Waals surface area contributed by atoms with Gasteiger partial charge in [-0.1, -0.05) is 0 Å². The van der Waals surface area contributed by atoms with E-state index >= 15 is 0 Å². The van der Waals surface area contributed by atoms with Gasteiger partial charge in [0.15, 0.2) is 0 Å². The number of phosphoric acid groups is 1. The first-order valence-corrected chi connectivity index (χ1v) is 2.80. The average molecular weight is 164 g/mol. The molecule has 44 valence electrons. The van der Waals surface area contributed by atoms with Gasteiger partial charge in [0.05, 0.1) is 0 Å². The maximum absolute atomic E-state index is 8.77. The zero-order valence-corrected chi connectivity index (χ0v) is 8.59. The molecule has 0 aliphatic heterocycles. The molecule has 0 atom stereocenters. The van der Waals surface area contributed by atoms with Gasteiger partial charge in [0.1, 0.15) is 0 Å². The predicted molar refractivity (Wildman–Crippen MR) is 23.3 cm³/mol. The molecule has 0 saturated carbocycles. The molecule has 0 aromatic carbocycles. The fraction of sp³-hybridized carbons (Fsp3) is 0. The van der Waals surface area contributed by atoms with Crippen molar-refractivity contribution in [2.24, 2.45) is 0 Å². The molecule has 2 N–H and O–H groups in total. The Bertz CT molecular complexity index is 69.8. The van der Waals surface area contributed by atoms with Gasteiger partial charge in [-0.2, -0.15) is 0 Å². The second-order valence-corrected chi connectivity index (χ2v) is 1.47. The van der Waals surface area contributed by atoms with Gasteiger partial charge in [-0.15, -0.1) is 13.2 Å². The summed E-state index contributed by atoms with van der Waals surface area (Å²) in [7, 11) is -4.89. The Morgan fingerprint density at radius 2 is 1.38 bits per heavy atom. The fourth-order valence-corrected chi connectivity index (χ4v) is 0. The summed E-state index contributed by atoms with van der Waals surface area (Å²) >= 11 is 0. The molecule has 0 radical (unpaired) electrons. The molecule has 0 fully saturated rings. The van der Waals surface area contributed by atoms with Crippen LogP contribution in [0.25, 0.3) is 0 Å². The molecule has 8 heavy (non-hydrogen) atoms. The van der Waals surface area contributed by atoms with Crippen LogP contribution in [-0.2, 0) is 4.57 Å². The van der Waals surface area contributed by atoms with Crippen LogP contribution in [0.5, 0.6) is 0 Å². The standard InChI is InChI=1S/C2H4.K.H3O4P/c1-2;;1-5(2,3)4/h1-2H2;;(H3,1,2,3,4)/q;+1;/p-1. The second kappa shape index (κ2) is 8.49. The number of rotatable bonds is 0. The summed E-state index contributed by atoms with van der Waals surface area (Å²) < 4.78 is 8.77. The van der Waals surface area contributed by atoms with Crippen molar-refractivity contribution in [1.29, 1.82) is 0 Å². The normalized spacial score (nSPS) is 7.88. The van der Waals surface area contributed by atoms with Gasteiger partial charge in [-0.05, 0) is 0 Å². The third kappa shape index (κ3) is 143. The van der Waals surface area contributed by atoms with Crippen LogP contribution in [-0.4, -0.2) is 9.79 Å². The van der Waals surface area contributed by atoms with Gasteiger partial charge < -0.3 is 14.7 Å². The van der Waals surface area contributed by atoms with Crippen LogP contribution < -0.4 is 56.3 Å². The Hall–Kier alpha value is 1.49. The van der Waals surface area contributed by atoms with Crippen molar-refractivity contribution in [3.8, 4) is 0 Å². The van der Waals surface area contributed by atoms with Crippen molar-refractivity contribution in [2.45, 2.75) is 0 Å². The molecule has 0 aromatic rings. The largest absolute Gasteiger partial charge is 1.00 e. The van der Waals surface area contributed by atoms with E-state index in [9.17, 15) is 0 Å².